The lowest BCUT2D eigenvalue weighted by Gasteiger charge is -2.25. The molecule has 1 unspecified atom stereocenters. The lowest BCUT2D eigenvalue weighted by Crippen LogP contribution is -2.39. The van der Waals surface area contributed by atoms with Gasteiger partial charge < -0.3 is 14.9 Å². The van der Waals surface area contributed by atoms with Crippen molar-refractivity contribution in [2.24, 2.45) is 7.05 Å². The predicted octanol–water partition coefficient (Wildman–Crippen LogP) is 2.46. The van der Waals surface area contributed by atoms with Crippen molar-refractivity contribution >= 4 is 16.8 Å². The lowest BCUT2D eigenvalue weighted by molar-refractivity contribution is 0.0935. The van der Waals surface area contributed by atoms with E-state index in [0.717, 1.165) is 30.3 Å². The quantitative estimate of drug-likeness (QED) is 0.755. The van der Waals surface area contributed by atoms with Crippen LogP contribution in [-0.2, 0) is 19.9 Å². The molecule has 1 aromatic carbocycles. The van der Waals surface area contributed by atoms with Gasteiger partial charge in [-0.2, -0.15) is 0 Å². The molecule has 25 heavy (non-hydrogen) atoms. The number of carbonyl (C=O) groups is 1. The molecular weight excluding hydrogens is 314 g/mol. The molecule has 128 valence electrons. The summed E-state index contributed by atoms with van der Waals surface area (Å²) in [5.74, 6) is -0.175. The molecule has 5 heteroatoms. The number of rotatable bonds is 2. The van der Waals surface area contributed by atoms with Crippen molar-refractivity contribution in [1.29, 1.82) is 0 Å². The fourth-order valence-electron chi connectivity index (χ4n) is 3.90. The van der Waals surface area contributed by atoms with Crippen molar-refractivity contribution in [2.45, 2.75) is 32.2 Å². The molecule has 4 rings (SSSR count). The number of nitrogens with one attached hydrogen (secondary N) is 2. The maximum absolute atomic E-state index is 12.8. The normalized spacial score (nSPS) is 16.6. The number of benzene rings is 1. The van der Waals surface area contributed by atoms with Crippen LogP contribution < -0.4 is 10.9 Å². The van der Waals surface area contributed by atoms with E-state index < -0.39 is 0 Å². The summed E-state index contributed by atoms with van der Waals surface area (Å²) < 4.78 is 1.85. The van der Waals surface area contributed by atoms with Crippen molar-refractivity contribution < 1.29 is 4.79 Å². The van der Waals surface area contributed by atoms with Gasteiger partial charge in [0.05, 0.1) is 16.5 Å². The van der Waals surface area contributed by atoms with Crippen LogP contribution in [0.25, 0.3) is 10.9 Å². The summed E-state index contributed by atoms with van der Waals surface area (Å²) in [6.07, 6.45) is 6.16. The van der Waals surface area contributed by atoms with E-state index in [4.69, 9.17) is 0 Å². The van der Waals surface area contributed by atoms with E-state index in [1.54, 1.807) is 12.4 Å². The average molecular weight is 335 g/mol. The molecule has 1 aliphatic carbocycles. The number of fused-ring (bicyclic) bond motifs is 2. The van der Waals surface area contributed by atoms with Crippen LogP contribution >= 0.6 is 0 Å². The molecule has 0 radical (unpaired) electrons. The first-order valence-electron chi connectivity index (χ1n) is 8.59. The van der Waals surface area contributed by atoms with Gasteiger partial charge >= 0.3 is 0 Å². The van der Waals surface area contributed by atoms with Crippen LogP contribution in [0.2, 0.25) is 0 Å². The van der Waals surface area contributed by atoms with Crippen molar-refractivity contribution in [3.8, 4) is 0 Å². The highest BCUT2D eigenvalue weighted by Crippen LogP contribution is 2.23. The third-order valence-corrected chi connectivity index (χ3v) is 5.13. The monoisotopic (exact) mass is 335 g/mol. The van der Waals surface area contributed by atoms with Gasteiger partial charge in [0.25, 0.3) is 11.5 Å². The van der Waals surface area contributed by atoms with Crippen LogP contribution in [0.4, 0.5) is 0 Å². The number of carbonyl (C=O) groups excluding carboxylic acids is 1. The zero-order chi connectivity index (χ0) is 17.6. The lowest BCUT2D eigenvalue weighted by atomic mass is 9.88. The Morgan fingerprint density at radius 2 is 2.04 bits per heavy atom. The highest BCUT2D eigenvalue weighted by atomic mass is 16.2. The topological polar surface area (TPSA) is 66.9 Å². The first-order valence-corrected chi connectivity index (χ1v) is 8.59. The molecule has 0 spiro atoms. The maximum atomic E-state index is 12.8. The van der Waals surface area contributed by atoms with Crippen LogP contribution in [0.15, 0.2) is 41.5 Å². The summed E-state index contributed by atoms with van der Waals surface area (Å²) in [7, 11) is 1.86. The number of amides is 1. The number of pyridine rings is 1. The van der Waals surface area contributed by atoms with Crippen molar-refractivity contribution in [3.63, 3.8) is 0 Å². The van der Waals surface area contributed by atoms with Crippen LogP contribution in [0.3, 0.4) is 0 Å². The number of hydrogen-bond acceptors (Lipinski definition) is 2. The molecule has 5 nitrogen and oxygen atoms in total. The van der Waals surface area contributed by atoms with Gasteiger partial charge in [0.1, 0.15) is 0 Å². The first-order chi connectivity index (χ1) is 12.0. The van der Waals surface area contributed by atoms with E-state index in [0.29, 0.717) is 10.9 Å². The van der Waals surface area contributed by atoms with Gasteiger partial charge in [0.2, 0.25) is 0 Å². The Morgan fingerprint density at radius 1 is 1.28 bits per heavy atom. The van der Waals surface area contributed by atoms with Crippen molar-refractivity contribution in [3.05, 3.63) is 69.3 Å². The molecule has 0 fully saturated rings. The fourth-order valence-corrected chi connectivity index (χ4v) is 3.90. The van der Waals surface area contributed by atoms with Crippen LogP contribution in [0, 0.1) is 6.92 Å². The minimum Gasteiger partial charge on any atom is -0.349 e. The molecule has 1 aliphatic rings. The number of aromatic amines is 1. The molecule has 1 amide bonds. The second-order valence-corrected chi connectivity index (χ2v) is 6.86. The summed E-state index contributed by atoms with van der Waals surface area (Å²) in [4.78, 5) is 27.8. The van der Waals surface area contributed by atoms with Gasteiger partial charge in [-0.05, 0) is 42.9 Å². The van der Waals surface area contributed by atoms with E-state index in [1.807, 2.05) is 24.6 Å². The Bertz CT molecular complexity index is 1030. The zero-order valence-electron chi connectivity index (χ0n) is 14.4. The molecular formula is C20H21N3O2. The summed E-state index contributed by atoms with van der Waals surface area (Å²) in [6, 6.07) is 8.47. The second kappa shape index (κ2) is 5.92. The molecule has 2 heterocycles. The van der Waals surface area contributed by atoms with Crippen LogP contribution in [-0.4, -0.2) is 21.5 Å². The van der Waals surface area contributed by atoms with E-state index in [2.05, 4.69) is 28.5 Å². The zero-order valence-corrected chi connectivity index (χ0v) is 14.4. The van der Waals surface area contributed by atoms with Gasteiger partial charge in [-0.1, -0.05) is 24.3 Å². The number of H-pyrrole nitrogens is 1. The number of hydrogen-bond donors (Lipinski definition) is 2. The predicted molar refractivity (Wildman–Crippen MR) is 98.0 cm³/mol. The maximum Gasteiger partial charge on any atom is 0.258 e. The Morgan fingerprint density at radius 3 is 2.84 bits per heavy atom. The van der Waals surface area contributed by atoms with Gasteiger partial charge in [-0.3, -0.25) is 9.59 Å². The number of aryl methyl sites for hydroxylation is 3. The average Bonchev–Trinajstić information content (AvgIpc) is 2.97. The van der Waals surface area contributed by atoms with E-state index in [1.165, 1.54) is 11.1 Å². The van der Waals surface area contributed by atoms with Gasteiger partial charge in [-0.25, -0.2) is 0 Å². The van der Waals surface area contributed by atoms with Crippen molar-refractivity contribution in [1.82, 2.24) is 14.9 Å². The number of aromatic nitrogens is 2. The smallest absolute Gasteiger partial charge is 0.258 e. The molecule has 0 bridgehead atoms. The van der Waals surface area contributed by atoms with Gasteiger partial charge in [0.15, 0.2) is 0 Å². The van der Waals surface area contributed by atoms with Crippen LogP contribution in [0.5, 0.6) is 0 Å². The molecule has 0 aliphatic heterocycles. The van der Waals surface area contributed by atoms with Crippen molar-refractivity contribution in [2.75, 3.05) is 0 Å². The minimum atomic E-state index is -0.222. The van der Waals surface area contributed by atoms with E-state index in [-0.39, 0.29) is 17.5 Å². The summed E-state index contributed by atoms with van der Waals surface area (Å²) >= 11 is 0. The second-order valence-electron chi connectivity index (χ2n) is 6.86. The molecule has 2 aromatic heterocycles. The summed E-state index contributed by atoms with van der Waals surface area (Å²) in [5, 5.41) is 3.59. The standard InChI is InChI=1S/C20H21N3O2/c1-12-10-21-20(25)17-16(11-23(2)18(12)17)19(24)22-15-8-7-13-5-3-4-6-14(13)9-15/h3-6,10-11,15H,7-9H2,1-2H3,(H,21,25)(H,22,24). The molecule has 1 atom stereocenters. The van der Waals surface area contributed by atoms with E-state index in [9.17, 15) is 9.59 Å². The molecule has 0 saturated heterocycles. The first kappa shape index (κ1) is 15.7. The highest BCUT2D eigenvalue weighted by Gasteiger charge is 2.23. The Balaban J connectivity index is 1.64. The molecule has 2 N–H and O–H groups in total. The Hall–Kier alpha value is -2.82. The van der Waals surface area contributed by atoms with E-state index >= 15 is 0 Å². The SMILES string of the molecule is Cc1c[nH]c(=O)c2c(C(=O)NC3CCc4ccccc4C3)cn(C)c12. The minimum absolute atomic E-state index is 0.0987. The Kier molecular flexibility index (Phi) is 3.71. The Labute approximate surface area is 145 Å². The third kappa shape index (κ3) is 2.65. The molecule has 0 saturated carbocycles. The summed E-state index contributed by atoms with van der Waals surface area (Å²) in [6.45, 7) is 1.93. The third-order valence-electron chi connectivity index (χ3n) is 5.13. The largest absolute Gasteiger partial charge is 0.349 e. The summed E-state index contributed by atoms with van der Waals surface area (Å²) in [5.41, 5.74) is 4.64. The fraction of sp³-hybridized carbons (Fsp3) is 0.300. The van der Waals surface area contributed by atoms with Gasteiger partial charge in [0, 0.05) is 25.5 Å². The van der Waals surface area contributed by atoms with Crippen LogP contribution in [0.1, 0.15) is 33.5 Å². The highest BCUT2D eigenvalue weighted by molar-refractivity contribution is 6.07. The molecule has 3 aromatic rings. The van der Waals surface area contributed by atoms with Gasteiger partial charge in [-0.15, -0.1) is 0 Å². The number of nitrogens with zero attached hydrogens (tertiary/aromatic N) is 1.